The van der Waals surface area contributed by atoms with Crippen molar-refractivity contribution < 1.29 is 4.79 Å². The molecule has 1 fully saturated rings. The predicted molar refractivity (Wildman–Crippen MR) is 73.4 cm³/mol. The zero-order chi connectivity index (χ0) is 13.8. The van der Waals surface area contributed by atoms with Crippen molar-refractivity contribution in [2.45, 2.75) is 0 Å². The molecule has 0 saturated carbocycles. The van der Waals surface area contributed by atoms with Crippen LogP contribution < -0.4 is 16.4 Å². The summed E-state index contributed by atoms with van der Waals surface area (Å²) in [5, 5.41) is 8.81. The molecule has 0 bridgehead atoms. The third-order valence-electron chi connectivity index (χ3n) is 3.25. The highest BCUT2D eigenvalue weighted by molar-refractivity contribution is 5.76. The minimum absolute atomic E-state index is 0.300. The molecule has 1 aromatic rings. The lowest BCUT2D eigenvalue weighted by molar-refractivity contribution is -0.119. The summed E-state index contributed by atoms with van der Waals surface area (Å²) in [6, 6.07) is 7.39. The van der Waals surface area contributed by atoms with Crippen molar-refractivity contribution in [1.29, 1.82) is 5.26 Å². The molecule has 1 aromatic carbocycles. The van der Waals surface area contributed by atoms with Gasteiger partial charge in [0, 0.05) is 26.2 Å². The summed E-state index contributed by atoms with van der Waals surface area (Å²) in [5.41, 5.74) is 13.3. The number of carbonyl (C=O) groups excluding carboxylic acids is 1. The molecule has 1 saturated heterocycles. The number of amides is 1. The molecule has 4 N–H and O–H groups in total. The van der Waals surface area contributed by atoms with Gasteiger partial charge in [-0.3, -0.25) is 9.69 Å². The average Bonchev–Trinajstić information content (AvgIpc) is 2.39. The molecule has 1 heterocycles. The SMILES string of the molecule is N#Cc1ccc(N2CCN(CC(N)=O)CC2)c(N)c1. The van der Waals surface area contributed by atoms with Gasteiger partial charge in [0.1, 0.15) is 0 Å². The van der Waals surface area contributed by atoms with Gasteiger partial charge in [-0.05, 0) is 18.2 Å². The molecule has 0 aliphatic carbocycles. The molecular formula is C13H17N5O. The first-order chi connectivity index (χ1) is 9.10. The summed E-state index contributed by atoms with van der Waals surface area (Å²) >= 11 is 0. The van der Waals surface area contributed by atoms with E-state index in [2.05, 4.69) is 11.0 Å². The Hall–Kier alpha value is -2.26. The molecule has 100 valence electrons. The van der Waals surface area contributed by atoms with Gasteiger partial charge in [-0.1, -0.05) is 0 Å². The number of hydrogen-bond donors (Lipinski definition) is 2. The Morgan fingerprint density at radius 2 is 2.00 bits per heavy atom. The molecule has 0 aromatic heterocycles. The molecule has 0 unspecified atom stereocenters. The molecule has 1 aliphatic rings. The molecule has 0 atom stereocenters. The zero-order valence-corrected chi connectivity index (χ0v) is 10.7. The van der Waals surface area contributed by atoms with Crippen molar-refractivity contribution in [3.63, 3.8) is 0 Å². The molecular weight excluding hydrogens is 242 g/mol. The van der Waals surface area contributed by atoms with Gasteiger partial charge in [-0.25, -0.2) is 0 Å². The molecule has 19 heavy (non-hydrogen) atoms. The lowest BCUT2D eigenvalue weighted by Crippen LogP contribution is -2.49. The van der Waals surface area contributed by atoms with Gasteiger partial charge >= 0.3 is 0 Å². The van der Waals surface area contributed by atoms with Crippen molar-refractivity contribution in [3.05, 3.63) is 23.8 Å². The van der Waals surface area contributed by atoms with Crippen molar-refractivity contribution in [2.75, 3.05) is 43.4 Å². The number of primary amides is 1. The zero-order valence-electron chi connectivity index (χ0n) is 10.7. The van der Waals surface area contributed by atoms with E-state index in [-0.39, 0.29) is 5.91 Å². The second kappa shape index (κ2) is 5.59. The van der Waals surface area contributed by atoms with E-state index in [0.717, 1.165) is 31.9 Å². The Balaban J connectivity index is 2.02. The van der Waals surface area contributed by atoms with Crippen LogP contribution in [0.2, 0.25) is 0 Å². The summed E-state index contributed by atoms with van der Waals surface area (Å²) in [5.74, 6) is -0.300. The van der Waals surface area contributed by atoms with Crippen LogP contribution in [0.25, 0.3) is 0 Å². The third kappa shape index (κ3) is 3.14. The summed E-state index contributed by atoms with van der Waals surface area (Å²) in [7, 11) is 0. The number of nitrogens with two attached hydrogens (primary N) is 2. The highest BCUT2D eigenvalue weighted by atomic mass is 16.1. The minimum Gasteiger partial charge on any atom is -0.397 e. The number of nitrogens with zero attached hydrogens (tertiary/aromatic N) is 3. The van der Waals surface area contributed by atoms with E-state index < -0.39 is 0 Å². The average molecular weight is 259 g/mol. The highest BCUT2D eigenvalue weighted by Crippen LogP contribution is 2.25. The van der Waals surface area contributed by atoms with Crippen LogP contribution in [-0.4, -0.2) is 43.5 Å². The van der Waals surface area contributed by atoms with Gasteiger partial charge in [0.25, 0.3) is 0 Å². The Bertz CT molecular complexity index is 514. The fraction of sp³-hybridized carbons (Fsp3) is 0.385. The predicted octanol–water partition coefficient (Wildman–Crippen LogP) is -0.252. The van der Waals surface area contributed by atoms with Gasteiger partial charge in [0.2, 0.25) is 5.91 Å². The summed E-state index contributed by atoms with van der Waals surface area (Å²) in [6.07, 6.45) is 0. The fourth-order valence-corrected chi connectivity index (χ4v) is 2.28. The number of nitriles is 1. The minimum atomic E-state index is -0.300. The Labute approximate surface area is 112 Å². The summed E-state index contributed by atoms with van der Waals surface area (Å²) < 4.78 is 0. The maximum Gasteiger partial charge on any atom is 0.231 e. The van der Waals surface area contributed by atoms with Crippen molar-refractivity contribution in [3.8, 4) is 6.07 Å². The molecule has 1 aliphatic heterocycles. The first-order valence-corrected chi connectivity index (χ1v) is 6.15. The van der Waals surface area contributed by atoms with Crippen molar-refractivity contribution in [1.82, 2.24) is 4.90 Å². The molecule has 0 radical (unpaired) electrons. The maximum atomic E-state index is 10.9. The maximum absolute atomic E-state index is 10.9. The second-order valence-corrected chi connectivity index (χ2v) is 4.61. The first kappa shape index (κ1) is 13.2. The van der Waals surface area contributed by atoms with E-state index in [1.165, 1.54) is 0 Å². The van der Waals surface area contributed by atoms with Gasteiger partial charge in [0.15, 0.2) is 0 Å². The molecule has 2 rings (SSSR count). The monoisotopic (exact) mass is 259 g/mol. The quantitative estimate of drug-likeness (QED) is 0.729. The summed E-state index contributed by atoms with van der Waals surface area (Å²) in [4.78, 5) is 15.0. The number of anilines is 2. The first-order valence-electron chi connectivity index (χ1n) is 6.15. The third-order valence-corrected chi connectivity index (χ3v) is 3.25. The van der Waals surface area contributed by atoms with Gasteiger partial charge < -0.3 is 16.4 Å². The van der Waals surface area contributed by atoms with Crippen LogP contribution in [0.5, 0.6) is 0 Å². The number of nitrogen functional groups attached to an aromatic ring is 1. The lowest BCUT2D eigenvalue weighted by atomic mass is 10.1. The van der Waals surface area contributed by atoms with E-state index in [9.17, 15) is 4.79 Å². The molecule has 6 nitrogen and oxygen atoms in total. The van der Waals surface area contributed by atoms with Crippen LogP contribution in [0.3, 0.4) is 0 Å². The van der Waals surface area contributed by atoms with E-state index in [0.29, 0.717) is 17.8 Å². The number of carbonyl (C=O) groups is 1. The normalized spacial score (nSPS) is 16.1. The van der Waals surface area contributed by atoms with Crippen LogP contribution in [0.1, 0.15) is 5.56 Å². The standard InChI is InChI=1S/C13H17N5O/c14-8-10-1-2-12(11(15)7-10)18-5-3-17(4-6-18)9-13(16)19/h1-2,7H,3-6,9,15H2,(H2,16,19). The Morgan fingerprint density at radius 1 is 1.32 bits per heavy atom. The Morgan fingerprint density at radius 3 is 2.53 bits per heavy atom. The van der Waals surface area contributed by atoms with Gasteiger partial charge in [-0.15, -0.1) is 0 Å². The second-order valence-electron chi connectivity index (χ2n) is 4.61. The van der Waals surface area contributed by atoms with E-state index >= 15 is 0 Å². The fourth-order valence-electron chi connectivity index (χ4n) is 2.28. The largest absolute Gasteiger partial charge is 0.397 e. The van der Waals surface area contributed by atoms with Crippen LogP contribution in [0, 0.1) is 11.3 Å². The van der Waals surface area contributed by atoms with Crippen LogP contribution in [-0.2, 0) is 4.79 Å². The molecule has 0 spiro atoms. The Kier molecular flexibility index (Phi) is 3.88. The molecule has 6 heteroatoms. The lowest BCUT2D eigenvalue weighted by Gasteiger charge is -2.36. The topological polar surface area (TPSA) is 99.4 Å². The summed E-state index contributed by atoms with van der Waals surface area (Å²) in [6.45, 7) is 3.45. The molecule has 1 amide bonds. The van der Waals surface area contributed by atoms with Crippen molar-refractivity contribution >= 4 is 17.3 Å². The van der Waals surface area contributed by atoms with E-state index in [1.54, 1.807) is 12.1 Å². The number of rotatable bonds is 3. The number of piperazine rings is 1. The highest BCUT2D eigenvalue weighted by Gasteiger charge is 2.19. The number of benzene rings is 1. The van der Waals surface area contributed by atoms with Crippen LogP contribution in [0.15, 0.2) is 18.2 Å². The van der Waals surface area contributed by atoms with Gasteiger partial charge in [-0.2, -0.15) is 5.26 Å². The van der Waals surface area contributed by atoms with Gasteiger partial charge in [0.05, 0.1) is 29.6 Å². The van der Waals surface area contributed by atoms with Crippen molar-refractivity contribution in [2.24, 2.45) is 5.73 Å². The van der Waals surface area contributed by atoms with E-state index in [4.69, 9.17) is 16.7 Å². The smallest absolute Gasteiger partial charge is 0.231 e. The van der Waals surface area contributed by atoms with Crippen LogP contribution >= 0.6 is 0 Å². The number of hydrogen-bond acceptors (Lipinski definition) is 5. The van der Waals surface area contributed by atoms with E-state index in [1.807, 2.05) is 11.0 Å². The van der Waals surface area contributed by atoms with Crippen LogP contribution in [0.4, 0.5) is 11.4 Å².